The second-order valence-electron chi connectivity index (χ2n) is 5.66. The minimum absolute atomic E-state index is 0.870. The van der Waals surface area contributed by atoms with Crippen molar-refractivity contribution < 1.29 is 0 Å². The van der Waals surface area contributed by atoms with Crippen LogP contribution in [-0.2, 0) is 6.54 Å². The zero-order valence-electron chi connectivity index (χ0n) is 11.0. The molecule has 98 valence electrons. The van der Waals surface area contributed by atoms with Gasteiger partial charge in [-0.15, -0.1) is 0 Å². The molecule has 0 bridgehead atoms. The molecule has 1 saturated carbocycles. The first-order chi connectivity index (χ1) is 8.93. The topological polar surface area (TPSA) is 12.0 Å². The van der Waals surface area contributed by atoms with Crippen molar-refractivity contribution in [3.8, 4) is 0 Å². The molecule has 1 saturated heterocycles. The summed E-state index contributed by atoms with van der Waals surface area (Å²) >= 11 is 2.12. The van der Waals surface area contributed by atoms with E-state index in [1.54, 1.807) is 5.56 Å². The average Bonchev–Trinajstić information content (AvgIpc) is 3.25. The first-order valence-corrected chi connectivity index (χ1v) is 8.45. The lowest BCUT2D eigenvalue weighted by Crippen LogP contribution is -2.25. The van der Waals surface area contributed by atoms with Crippen molar-refractivity contribution in [3.05, 3.63) is 35.4 Å². The number of thioether (sulfide) groups is 1. The molecule has 1 heterocycles. The maximum atomic E-state index is 3.69. The minimum atomic E-state index is 0.870. The van der Waals surface area contributed by atoms with E-state index >= 15 is 0 Å². The molecule has 1 aromatic carbocycles. The minimum Gasteiger partial charge on any atom is -0.312 e. The lowest BCUT2D eigenvalue weighted by atomic mass is 10.0. The summed E-state index contributed by atoms with van der Waals surface area (Å²) in [6, 6.07) is 9.00. The molecule has 0 aromatic heterocycles. The Hall–Kier alpha value is -0.470. The Morgan fingerprint density at radius 1 is 1.06 bits per heavy atom. The summed E-state index contributed by atoms with van der Waals surface area (Å²) in [6.07, 6.45) is 5.61. The summed E-state index contributed by atoms with van der Waals surface area (Å²) in [7, 11) is 0. The molecular weight excluding hydrogens is 238 g/mol. The van der Waals surface area contributed by atoms with Crippen LogP contribution < -0.4 is 5.32 Å². The fraction of sp³-hybridized carbons (Fsp3) is 0.625. The van der Waals surface area contributed by atoms with Crippen LogP contribution in [0.4, 0.5) is 0 Å². The standard InChI is InChI=1S/C16H23NS/c1-2-4-16(14-5-6-14)15(3-1)12-17-11-13-7-9-18-10-8-13/h1-4,13-14,17H,5-12H2. The third-order valence-corrected chi connectivity index (χ3v) is 5.21. The van der Waals surface area contributed by atoms with E-state index in [4.69, 9.17) is 0 Å². The summed E-state index contributed by atoms with van der Waals surface area (Å²) < 4.78 is 0. The Bertz CT molecular complexity index is 380. The molecule has 1 nitrogen and oxygen atoms in total. The van der Waals surface area contributed by atoms with E-state index < -0.39 is 0 Å². The van der Waals surface area contributed by atoms with Gasteiger partial charge in [-0.05, 0) is 66.7 Å². The summed E-state index contributed by atoms with van der Waals surface area (Å²) in [4.78, 5) is 0. The fourth-order valence-electron chi connectivity index (χ4n) is 2.85. The Balaban J connectivity index is 1.50. The van der Waals surface area contributed by atoms with Crippen molar-refractivity contribution in [1.29, 1.82) is 0 Å². The highest BCUT2D eigenvalue weighted by Gasteiger charge is 2.25. The molecular formula is C16H23NS. The SMILES string of the molecule is c1ccc(C2CC2)c(CNCC2CCSCC2)c1. The van der Waals surface area contributed by atoms with Crippen LogP contribution in [-0.4, -0.2) is 18.1 Å². The van der Waals surface area contributed by atoms with E-state index in [1.165, 1.54) is 49.3 Å². The van der Waals surface area contributed by atoms with Gasteiger partial charge in [0.05, 0.1) is 0 Å². The van der Waals surface area contributed by atoms with Crippen molar-refractivity contribution in [2.45, 2.75) is 38.1 Å². The van der Waals surface area contributed by atoms with Crippen molar-refractivity contribution in [1.82, 2.24) is 5.32 Å². The summed E-state index contributed by atoms with van der Waals surface area (Å²) in [5.41, 5.74) is 3.13. The van der Waals surface area contributed by atoms with Crippen LogP contribution in [0.15, 0.2) is 24.3 Å². The molecule has 3 rings (SSSR count). The molecule has 0 atom stereocenters. The lowest BCUT2D eigenvalue weighted by molar-refractivity contribution is 0.447. The first kappa shape index (κ1) is 12.6. The third kappa shape index (κ3) is 3.30. The predicted molar refractivity (Wildman–Crippen MR) is 80.2 cm³/mol. The van der Waals surface area contributed by atoms with Crippen LogP contribution in [0.1, 0.15) is 42.7 Å². The number of hydrogen-bond donors (Lipinski definition) is 1. The van der Waals surface area contributed by atoms with Gasteiger partial charge in [0, 0.05) is 6.54 Å². The molecule has 0 unspecified atom stereocenters. The highest BCUT2D eigenvalue weighted by Crippen LogP contribution is 2.41. The maximum Gasteiger partial charge on any atom is 0.0208 e. The van der Waals surface area contributed by atoms with Gasteiger partial charge in [-0.1, -0.05) is 24.3 Å². The Kier molecular flexibility index (Phi) is 4.27. The van der Waals surface area contributed by atoms with Crippen LogP contribution in [0.3, 0.4) is 0 Å². The Morgan fingerprint density at radius 2 is 1.83 bits per heavy atom. The van der Waals surface area contributed by atoms with Crippen LogP contribution in [0.2, 0.25) is 0 Å². The number of hydrogen-bond acceptors (Lipinski definition) is 2. The van der Waals surface area contributed by atoms with Gasteiger partial charge in [-0.2, -0.15) is 11.8 Å². The molecule has 1 aliphatic carbocycles. The Morgan fingerprint density at radius 3 is 2.61 bits per heavy atom. The summed E-state index contributed by atoms with van der Waals surface area (Å²) in [5.74, 6) is 4.52. The molecule has 0 amide bonds. The quantitative estimate of drug-likeness (QED) is 0.865. The van der Waals surface area contributed by atoms with Crippen molar-refractivity contribution >= 4 is 11.8 Å². The second kappa shape index (κ2) is 6.12. The molecule has 1 aromatic rings. The number of rotatable bonds is 5. The maximum absolute atomic E-state index is 3.69. The molecule has 0 spiro atoms. The molecule has 1 aliphatic heterocycles. The first-order valence-electron chi connectivity index (χ1n) is 7.30. The van der Waals surface area contributed by atoms with Gasteiger partial charge in [-0.25, -0.2) is 0 Å². The van der Waals surface area contributed by atoms with Crippen LogP contribution in [0, 0.1) is 5.92 Å². The van der Waals surface area contributed by atoms with Gasteiger partial charge < -0.3 is 5.32 Å². The molecule has 2 heteroatoms. The molecule has 2 aliphatic rings. The van der Waals surface area contributed by atoms with Crippen molar-refractivity contribution in [2.24, 2.45) is 5.92 Å². The van der Waals surface area contributed by atoms with Crippen molar-refractivity contribution in [3.63, 3.8) is 0 Å². The van der Waals surface area contributed by atoms with Crippen LogP contribution in [0.25, 0.3) is 0 Å². The van der Waals surface area contributed by atoms with E-state index in [9.17, 15) is 0 Å². The lowest BCUT2D eigenvalue weighted by Gasteiger charge is -2.22. The van der Waals surface area contributed by atoms with E-state index in [0.29, 0.717) is 0 Å². The number of benzene rings is 1. The normalized spacial score (nSPS) is 21.1. The van der Waals surface area contributed by atoms with Gasteiger partial charge in [0.1, 0.15) is 0 Å². The van der Waals surface area contributed by atoms with E-state index in [2.05, 4.69) is 41.3 Å². The fourth-order valence-corrected chi connectivity index (χ4v) is 4.05. The summed E-state index contributed by atoms with van der Waals surface area (Å²) in [5, 5.41) is 3.69. The van der Waals surface area contributed by atoms with Gasteiger partial charge in [-0.3, -0.25) is 0 Å². The number of nitrogens with one attached hydrogen (secondary N) is 1. The van der Waals surface area contributed by atoms with Gasteiger partial charge >= 0.3 is 0 Å². The van der Waals surface area contributed by atoms with Gasteiger partial charge in [0.15, 0.2) is 0 Å². The average molecular weight is 261 g/mol. The highest BCUT2D eigenvalue weighted by atomic mass is 32.2. The van der Waals surface area contributed by atoms with Crippen LogP contribution in [0.5, 0.6) is 0 Å². The molecule has 18 heavy (non-hydrogen) atoms. The van der Waals surface area contributed by atoms with Crippen molar-refractivity contribution in [2.75, 3.05) is 18.1 Å². The van der Waals surface area contributed by atoms with E-state index in [0.717, 1.165) is 18.4 Å². The molecule has 0 radical (unpaired) electrons. The zero-order valence-corrected chi connectivity index (χ0v) is 11.8. The second-order valence-corrected chi connectivity index (χ2v) is 6.88. The van der Waals surface area contributed by atoms with E-state index in [1.807, 2.05) is 0 Å². The smallest absolute Gasteiger partial charge is 0.0208 e. The zero-order chi connectivity index (χ0) is 12.2. The van der Waals surface area contributed by atoms with Gasteiger partial charge in [0.2, 0.25) is 0 Å². The molecule has 1 N–H and O–H groups in total. The largest absolute Gasteiger partial charge is 0.312 e. The monoisotopic (exact) mass is 261 g/mol. The molecule has 2 fully saturated rings. The van der Waals surface area contributed by atoms with Crippen LogP contribution >= 0.6 is 11.8 Å². The summed E-state index contributed by atoms with van der Waals surface area (Å²) in [6.45, 7) is 2.27. The van der Waals surface area contributed by atoms with Gasteiger partial charge in [0.25, 0.3) is 0 Å². The third-order valence-electron chi connectivity index (χ3n) is 4.16. The predicted octanol–water partition coefficient (Wildman–Crippen LogP) is 3.80. The Labute approximate surface area is 115 Å². The highest BCUT2D eigenvalue weighted by molar-refractivity contribution is 7.99. The van der Waals surface area contributed by atoms with E-state index in [-0.39, 0.29) is 0 Å².